The van der Waals surface area contributed by atoms with Crippen molar-refractivity contribution in [1.29, 1.82) is 0 Å². The van der Waals surface area contributed by atoms with Crippen LogP contribution in [-0.4, -0.2) is 127 Å². The van der Waals surface area contributed by atoms with Crippen LogP contribution in [0.25, 0.3) is 0 Å². The highest BCUT2D eigenvalue weighted by Crippen LogP contribution is 2.38. The Morgan fingerprint density at radius 1 is 0.325 bits per heavy atom. The van der Waals surface area contributed by atoms with Crippen LogP contribution in [0, 0.1) is 0 Å². The van der Waals surface area contributed by atoms with Crippen LogP contribution in [0.5, 0.6) is 0 Å². The fourth-order valence-corrected chi connectivity index (χ4v) is 35.0. The molecule has 1 fully saturated rings. The van der Waals surface area contributed by atoms with Crippen LogP contribution in [0.3, 0.4) is 0 Å². The van der Waals surface area contributed by atoms with E-state index >= 15 is 0 Å². The lowest BCUT2D eigenvalue weighted by molar-refractivity contribution is 0.0370. The van der Waals surface area contributed by atoms with Gasteiger partial charge in [0.15, 0.2) is 0 Å². The quantitative estimate of drug-likeness (QED) is 0.214. The maximum Gasteiger partial charge on any atom is 0.489 e. The zero-order chi connectivity index (χ0) is 31.3. The summed E-state index contributed by atoms with van der Waals surface area (Å²) < 4.78 is 97.0. The molecule has 0 saturated carbocycles. The second-order valence-electron chi connectivity index (χ2n) is 9.35. The molecule has 240 valence electrons. The van der Waals surface area contributed by atoms with Crippen molar-refractivity contribution in [2.75, 3.05) is 56.9 Å². The summed E-state index contributed by atoms with van der Waals surface area (Å²) in [7, 11) is -16.9. The smallest absolute Gasteiger partial charge is 0.377 e. The van der Waals surface area contributed by atoms with Crippen molar-refractivity contribution in [1.82, 2.24) is 0 Å². The molecule has 40 heavy (non-hydrogen) atoms. The average molecular weight is 721 g/mol. The number of hydrogen-bond donors (Lipinski definition) is 0. The molecule has 0 aliphatic carbocycles. The second-order valence-corrected chi connectivity index (χ2v) is 32.9. The van der Waals surface area contributed by atoms with Gasteiger partial charge in [0.25, 0.3) is 0 Å². The zero-order valence-corrected chi connectivity index (χ0v) is 34.5. The molecule has 0 radical (unpaired) electrons. The summed E-state index contributed by atoms with van der Waals surface area (Å²) in [5.41, 5.74) is 0. The normalized spacial score (nSPS) is 31.2. The monoisotopic (exact) mass is 720 g/mol. The first-order valence-corrected chi connectivity index (χ1v) is 30.0. The van der Waals surface area contributed by atoms with Crippen molar-refractivity contribution in [2.24, 2.45) is 0 Å². The Morgan fingerprint density at radius 3 is 0.550 bits per heavy atom. The molecule has 0 aromatic carbocycles. The fourth-order valence-electron chi connectivity index (χ4n) is 3.61. The van der Waals surface area contributed by atoms with E-state index in [0.717, 1.165) is 0 Å². The summed E-state index contributed by atoms with van der Waals surface area (Å²) in [4.78, 5) is 0. The molecule has 0 amide bonds. The van der Waals surface area contributed by atoms with Gasteiger partial charge in [0.05, 0.1) is 0 Å². The molecular weight excluding hydrogens is 673 g/mol. The Hall–Kier alpha value is 1.10. The van der Waals surface area contributed by atoms with E-state index in [4.69, 9.17) is 68.3 Å². The average Bonchev–Trinajstić information content (AvgIpc) is 2.86. The van der Waals surface area contributed by atoms with Gasteiger partial charge in [-0.25, -0.2) is 0 Å². The molecule has 0 spiro atoms. The maximum absolute atomic E-state index is 6.66. The predicted octanol–water partition coefficient (Wildman–Crippen LogP) is 1.85. The lowest BCUT2D eigenvalue weighted by atomic mass is 11.8. The minimum absolute atomic E-state index is 1.47. The summed E-state index contributed by atoms with van der Waals surface area (Å²) >= 11 is 0. The van der Waals surface area contributed by atoms with Crippen molar-refractivity contribution in [3.63, 3.8) is 0 Å². The Morgan fingerprint density at radius 2 is 0.450 bits per heavy atom. The van der Waals surface area contributed by atoms with Gasteiger partial charge in [0.2, 0.25) is 0 Å². The van der Waals surface area contributed by atoms with Gasteiger partial charge in [-0.15, -0.1) is 0 Å². The first-order chi connectivity index (χ1) is 18.1. The Balaban J connectivity index is 3.87. The molecule has 24 heteroatoms. The summed E-state index contributed by atoms with van der Waals surface area (Å²) in [6, 6.07) is 0. The molecule has 0 aromatic rings. The summed E-state index contributed by atoms with van der Waals surface area (Å²) in [5.74, 6) is 0. The van der Waals surface area contributed by atoms with Crippen LogP contribution in [-0.2, 0) is 68.3 Å². The first kappa shape index (κ1) is 39.1. The molecule has 1 rings (SSSR count). The SMILES string of the molecule is CO[Si](C)(OC)O[Si]1(C)O[Si](C)(O[Si](C)(OC)OC)O[Si](C)(O[Si](C)(OC)OC)O[Si](C)(O[Si](C)(OC)OC)O1. The lowest BCUT2D eigenvalue weighted by Gasteiger charge is -2.50. The number of hydrogen-bond acceptors (Lipinski definition) is 16. The third kappa shape index (κ3) is 10.6. The van der Waals surface area contributed by atoms with Gasteiger partial charge in [-0.2, -0.15) is 0 Å². The molecular formula is C16H48O16Si8. The molecule has 0 bridgehead atoms. The molecule has 0 atom stereocenters. The van der Waals surface area contributed by atoms with Crippen LogP contribution < -0.4 is 0 Å². The highest BCUT2D eigenvalue weighted by molar-refractivity contribution is 6.94. The maximum atomic E-state index is 6.66. The highest BCUT2D eigenvalue weighted by Gasteiger charge is 2.68. The van der Waals surface area contributed by atoms with E-state index in [1.807, 2.05) is 0 Å². The van der Waals surface area contributed by atoms with Gasteiger partial charge in [-0.3, -0.25) is 0 Å². The van der Waals surface area contributed by atoms with Crippen LogP contribution in [0.1, 0.15) is 0 Å². The van der Waals surface area contributed by atoms with E-state index in [1.54, 1.807) is 52.4 Å². The zero-order valence-electron chi connectivity index (χ0n) is 26.5. The third-order valence-corrected chi connectivity index (χ3v) is 35.6. The predicted molar refractivity (Wildman–Crippen MR) is 158 cm³/mol. The highest BCUT2D eigenvalue weighted by atomic mass is 28.6. The molecule has 16 nitrogen and oxygen atoms in total. The minimum Gasteiger partial charge on any atom is -0.377 e. The molecule has 0 unspecified atom stereocenters. The molecule has 0 aromatic heterocycles. The van der Waals surface area contributed by atoms with Crippen molar-refractivity contribution < 1.29 is 68.3 Å². The van der Waals surface area contributed by atoms with E-state index in [1.165, 1.54) is 56.9 Å². The van der Waals surface area contributed by atoms with E-state index in [0.29, 0.717) is 0 Å². The van der Waals surface area contributed by atoms with Crippen molar-refractivity contribution in [2.45, 2.75) is 52.4 Å². The van der Waals surface area contributed by atoms with E-state index in [9.17, 15) is 0 Å². The Kier molecular flexibility index (Phi) is 14.1. The molecule has 1 heterocycles. The van der Waals surface area contributed by atoms with Gasteiger partial charge in [0, 0.05) is 109 Å². The standard InChI is InChI=1S/C16H48O16Si8/c1-17-33(9,18-2)25-37(13)29-38(14,26-34(10,19-3)20-4)31-40(16,28-36(12,23-7)24-8)32-39(15,30-37)27-35(11,21-5)22-6/h1-16H3. The molecule has 0 N–H and O–H groups in total. The summed E-state index contributed by atoms with van der Waals surface area (Å²) in [5, 5.41) is 0. The molecule has 1 aliphatic heterocycles. The van der Waals surface area contributed by atoms with Crippen molar-refractivity contribution in [3.05, 3.63) is 0 Å². The van der Waals surface area contributed by atoms with Crippen molar-refractivity contribution >= 4 is 70.4 Å². The lowest BCUT2D eigenvalue weighted by Crippen LogP contribution is -2.75. The van der Waals surface area contributed by atoms with E-state index in [2.05, 4.69) is 0 Å². The van der Waals surface area contributed by atoms with Crippen LogP contribution in [0.4, 0.5) is 0 Å². The second kappa shape index (κ2) is 14.5. The van der Waals surface area contributed by atoms with Gasteiger partial charge in [0.1, 0.15) is 0 Å². The van der Waals surface area contributed by atoms with E-state index < -0.39 is 70.4 Å². The molecule has 1 saturated heterocycles. The minimum atomic E-state index is -3.88. The van der Waals surface area contributed by atoms with Gasteiger partial charge < -0.3 is 68.3 Å². The van der Waals surface area contributed by atoms with E-state index in [-0.39, 0.29) is 0 Å². The Labute approximate surface area is 247 Å². The summed E-state index contributed by atoms with van der Waals surface area (Å²) in [6.45, 7) is 13.4. The van der Waals surface area contributed by atoms with Gasteiger partial charge in [-0.05, 0) is 0 Å². The first-order valence-electron chi connectivity index (χ1n) is 12.2. The van der Waals surface area contributed by atoms with Crippen molar-refractivity contribution in [3.8, 4) is 0 Å². The number of rotatable bonds is 16. The van der Waals surface area contributed by atoms with Gasteiger partial charge >= 0.3 is 70.4 Å². The molecule has 1 aliphatic rings. The fraction of sp³-hybridized carbons (Fsp3) is 1.00. The summed E-state index contributed by atoms with van der Waals surface area (Å²) in [6.07, 6.45) is 0. The van der Waals surface area contributed by atoms with Crippen LogP contribution in [0.15, 0.2) is 0 Å². The van der Waals surface area contributed by atoms with Gasteiger partial charge in [-0.1, -0.05) is 0 Å². The largest absolute Gasteiger partial charge is 0.489 e. The third-order valence-electron chi connectivity index (χ3n) is 5.93. The van der Waals surface area contributed by atoms with Crippen LogP contribution >= 0.6 is 0 Å². The van der Waals surface area contributed by atoms with Crippen LogP contribution in [0.2, 0.25) is 52.4 Å². The Bertz CT molecular complexity index is 661. The topological polar surface area (TPSA) is 148 Å².